The van der Waals surface area contributed by atoms with Gasteiger partial charge in [0, 0.05) is 56.9 Å². The number of carbonyl (C=O) groups is 2. The molecule has 0 aliphatic carbocycles. The SMILES string of the molecule is CN(Cc1ccc(N(C)C)cc1)C(=O)COC(=O)CCc1c[nH]c2ccccc12. The van der Waals surface area contributed by atoms with Crippen molar-refractivity contribution in [1.29, 1.82) is 0 Å². The number of carbonyl (C=O) groups excluding carboxylic acids is 2. The number of esters is 1. The summed E-state index contributed by atoms with van der Waals surface area (Å²) in [7, 11) is 5.68. The first-order valence-electron chi connectivity index (χ1n) is 9.65. The van der Waals surface area contributed by atoms with Gasteiger partial charge in [-0.2, -0.15) is 0 Å². The van der Waals surface area contributed by atoms with Crippen LogP contribution in [0.5, 0.6) is 0 Å². The molecule has 0 aliphatic rings. The minimum Gasteiger partial charge on any atom is -0.456 e. The molecule has 6 nitrogen and oxygen atoms in total. The predicted octanol–water partition coefficient (Wildman–Crippen LogP) is 3.37. The Morgan fingerprint density at radius 3 is 2.45 bits per heavy atom. The molecule has 0 saturated heterocycles. The van der Waals surface area contributed by atoms with E-state index in [1.807, 2.05) is 73.7 Å². The molecule has 6 heteroatoms. The van der Waals surface area contributed by atoms with Crippen molar-refractivity contribution in [2.24, 2.45) is 0 Å². The van der Waals surface area contributed by atoms with Crippen molar-refractivity contribution in [3.8, 4) is 0 Å². The highest BCUT2D eigenvalue weighted by molar-refractivity contribution is 5.84. The van der Waals surface area contributed by atoms with Gasteiger partial charge in [-0.3, -0.25) is 9.59 Å². The van der Waals surface area contributed by atoms with Gasteiger partial charge in [0.1, 0.15) is 0 Å². The van der Waals surface area contributed by atoms with Gasteiger partial charge in [0.25, 0.3) is 5.91 Å². The maximum Gasteiger partial charge on any atom is 0.306 e. The lowest BCUT2D eigenvalue weighted by Crippen LogP contribution is -2.30. The van der Waals surface area contributed by atoms with Crippen LogP contribution in [0.1, 0.15) is 17.5 Å². The summed E-state index contributed by atoms with van der Waals surface area (Å²) in [4.78, 5) is 31.1. The molecule has 0 unspecified atom stereocenters. The van der Waals surface area contributed by atoms with Gasteiger partial charge in [0.2, 0.25) is 0 Å². The minimum atomic E-state index is -0.368. The molecule has 0 atom stereocenters. The van der Waals surface area contributed by atoms with Crippen molar-refractivity contribution < 1.29 is 14.3 Å². The number of aromatic amines is 1. The van der Waals surface area contributed by atoms with Crippen LogP contribution in [0.4, 0.5) is 5.69 Å². The summed E-state index contributed by atoms with van der Waals surface area (Å²) >= 11 is 0. The number of H-pyrrole nitrogens is 1. The van der Waals surface area contributed by atoms with Gasteiger partial charge in [0.15, 0.2) is 6.61 Å². The van der Waals surface area contributed by atoms with Gasteiger partial charge in [-0.25, -0.2) is 0 Å². The third kappa shape index (κ3) is 5.38. The molecule has 0 bridgehead atoms. The number of ether oxygens (including phenoxy) is 1. The highest BCUT2D eigenvalue weighted by Gasteiger charge is 2.13. The van der Waals surface area contributed by atoms with Crippen molar-refractivity contribution in [2.45, 2.75) is 19.4 Å². The molecule has 0 spiro atoms. The molecule has 3 rings (SSSR count). The smallest absolute Gasteiger partial charge is 0.306 e. The maximum absolute atomic E-state index is 12.3. The number of aryl methyl sites for hydroxylation is 1. The highest BCUT2D eigenvalue weighted by Crippen LogP contribution is 2.19. The zero-order chi connectivity index (χ0) is 20.8. The van der Waals surface area contributed by atoms with E-state index < -0.39 is 0 Å². The highest BCUT2D eigenvalue weighted by atomic mass is 16.5. The number of nitrogens with zero attached hydrogens (tertiary/aromatic N) is 2. The zero-order valence-electron chi connectivity index (χ0n) is 17.1. The van der Waals surface area contributed by atoms with Crippen molar-refractivity contribution in [2.75, 3.05) is 32.6 Å². The van der Waals surface area contributed by atoms with Crippen LogP contribution in [0.2, 0.25) is 0 Å². The average Bonchev–Trinajstić information content (AvgIpc) is 3.14. The molecule has 1 amide bonds. The first-order valence-corrected chi connectivity index (χ1v) is 9.65. The van der Waals surface area contributed by atoms with Gasteiger partial charge in [-0.1, -0.05) is 30.3 Å². The van der Waals surface area contributed by atoms with Crippen LogP contribution in [0.3, 0.4) is 0 Å². The van der Waals surface area contributed by atoms with Crippen LogP contribution in [0.15, 0.2) is 54.7 Å². The van der Waals surface area contributed by atoms with E-state index in [1.165, 1.54) is 0 Å². The first kappa shape index (κ1) is 20.5. The van der Waals surface area contributed by atoms with E-state index in [1.54, 1.807) is 11.9 Å². The summed E-state index contributed by atoms with van der Waals surface area (Å²) in [6.45, 7) is 0.235. The van der Waals surface area contributed by atoms with Crippen molar-refractivity contribution in [1.82, 2.24) is 9.88 Å². The monoisotopic (exact) mass is 393 g/mol. The third-order valence-electron chi connectivity index (χ3n) is 4.93. The van der Waals surface area contributed by atoms with E-state index in [-0.39, 0.29) is 24.9 Å². The number of para-hydroxylation sites is 1. The van der Waals surface area contributed by atoms with Crippen LogP contribution < -0.4 is 4.90 Å². The van der Waals surface area contributed by atoms with Gasteiger partial charge < -0.3 is 19.5 Å². The topological polar surface area (TPSA) is 65.6 Å². The Bertz CT molecular complexity index is 976. The van der Waals surface area contributed by atoms with Crippen LogP contribution in [-0.2, 0) is 27.3 Å². The lowest BCUT2D eigenvalue weighted by atomic mass is 10.1. The fourth-order valence-corrected chi connectivity index (χ4v) is 3.16. The van der Waals surface area contributed by atoms with Crippen LogP contribution in [-0.4, -0.2) is 49.5 Å². The normalized spacial score (nSPS) is 10.7. The molecular formula is C23H27N3O3. The Labute approximate surface area is 171 Å². The van der Waals surface area contributed by atoms with E-state index >= 15 is 0 Å². The van der Waals surface area contributed by atoms with Gasteiger partial charge in [-0.05, 0) is 35.7 Å². The second kappa shape index (κ2) is 9.28. The summed E-state index contributed by atoms with van der Waals surface area (Å²) in [5.41, 5.74) is 4.25. The second-order valence-electron chi connectivity index (χ2n) is 7.33. The lowest BCUT2D eigenvalue weighted by molar-refractivity contribution is -0.151. The van der Waals surface area contributed by atoms with Gasteiger partial charge >= 0.3 is 5.97 Å². The molecule has 2 aromatic carbocycles. The minimum absolute atomic E-state index is 0.220. The van der Waals surface area contributed by atoms with Crippen LogP contribution >= 0.6 is 0 Å². The second-order valence-corrected chi connectivity index (χ2v) is 7.33. The van der Waals surface area contributed by atoms with E-state index in [2.05, 4.69) is 4.98 Å². The molecule has 3 aromatic rings. The summed E-state index contributed by atoms with van der Waals surface area (Å²) in [6.07, 6.45) is 2.73. The number of anilines is 1. The van der Waals surface area contributed by atoms with Crippen molar-refractivity contribution in [3.63, 3.8) is 0 Å². The van der Waals surface area contributed by atoms with E-state index in [4.69, 9.17) is 4.74 Å². The summed E-state index contributed by atoms with van der Waals surface area (Å²) < 4.78 is 5.18. The van der Waals surface area contributed by atoms with E-state index in [0.29, 0.717) is 13.0 Å². The largest absolute Gasteiger partial charge is 0.456 e. The molecular weight excluding hydrogens is 366 g/mol. The number of hydrogen-bond acceptors (Lipinski definition) is 4. The Morgan fingerprint density at radius 2 is 1.72 bits per heavy atom. The summed E-state index contributed by atoms with van der Waals surface area (Å²) in [5.74, 6) is -0.588. The Kier molecular flexibility index (Phi) is 6.54. The number of fused-ring (bicyclic) bond motifs is 1. The number of aromatic nitrogens is 1. The Balaban J connectivity index is 1.43. The van der Waals surface area contributed by atoms with Gasteiger partial charge in [-0.15, -0.1) is 0 Å². The first-order chi connectivity index (χ1) is 13.9. The Hall–Kier alpha value is -3.28. The number of benzene rings is 2. The molecule has 1 N–H and O–H groups in total. The van der Waals surface area contributed by atoms with Crippen LogP contribution in [0, 0.1) is 0 Å². The lowest BCUT2D eigenvalue weighted by Gasteiger charge is -2.18. The predicted molar refractivity (Wildman–Crippen MR) is 115 cm³/mol. The van der Waals surface area contributed by atoms with Crippen LogP contribution in [0.25, 0.3) is 10.9 Å². The molecule has 0 fully saturated rings. The number of amides is 1. The molecule has 0 radical (unpaired) electrons. The standard InChI is InChI=1S/C23H27N3O3/c1-25(2)19-11-8-17(9-12-19)15-26(3)22(27)16-29-23(28)13-10-18-14-24-21-7-5-4-6-20(18)21/h4-9,11-12,14,24H,10,13,15-16H2,1-3H3. The summed E-state index contributed by atoms with van der Waals surface area (Å²) in [5, 5.41) is 1.11. The summed E-state index contributed by atoms with van der Waals surface area (Å²) in [6, 6.07) is 16.0. The number of hydrogen-bond donors (Lipinski definition) is 1. The van der Waals surface area contributed by atoms with E-state index in [0.717, 1.165) is 27.7 Å². The quantitative estimate of drug-likeness (QED) is 0.596. The van der Waals surface area contributed by atoms with E-state index in [9.17, 15) is 9.59 Å². The molecule has 0 aliphatic heterocycles. The number of rotatable bonds is 8. The van der Waals surface area contributed by atoms with Crippen molar-refractivity contribution >= 4 is 28.5 Å². The molecule has 0 saturated carbocycles. The number of likely N-dealkylation sites (N-methyl/N-ethyl adjacent to an activating group) is 1. The molecule has 1 heterocycles. The number of nitrogens with one attached hydrogen (secondary N) is 1. The zero-order valence-corrected chi connectivity index (χ0v) is 17.1. The molecule has 29 heavy (non-hydrogen) atoms. The van der Waals surface area contributed by atoms with Gasteiger partial charge in [0.05, 0.1) is 0 Å². The van der Waals surface area contributed by atoms with Crippen molar-refractivity contribution in [3.05, 3.63) is 65.9 Å². The Morgan fingerprint density at radius 1 is 1.00 bits per heavy atom. The average molecular weight is 393 g/mol. The molecule has 152 valence electrons. The third-order valence-corrected chi connectivity index (χ3v) is 4.93. The fraction of sp³-hybridized carbons (Fsp3) is 0.304. The maximum atomic E-state index is 12.3. The fourth-order valence-electron chi connectivity index (χ4n) is 3.16. The molecule has 1 aromatic heterocycles.